The molecule has 26 heavy (non-hydrogen) atoms. The Morgan fingerprint density at radius 3 is 2.46 bits per heavy atom. The molecule has 0 radical (unpaired) electrons. The van der Waals surface area contributed by atoms with E-state index in [4.69, 9.17) is 4.74 Å². The fraction of sp³-hybridized carbons (Fsp3) is 0.263. The van der Waals surface area contributed by atoms with Gasteiger partial charge in [-0.2, -0.15) is 0 Å². The van der Waals surface area contributed by atoms with Crippen LogP contribution in [-0.4, -0.2) is 40.8 Å². The van der Waals surface area contributed by atoms with Gasteiger partial charge in [0.25, 0.3) is 11.8 Å². The second-order valence-corrected chi connectivity index (χ2v) is 5.74. The van der Waals surface area contributed by atoms with E-state index in [9.17, 15) is 14.4 Å². The minimum absolute atomic E-state index is 0.162. The van der Waals surface area contributed by atoms with Gasteiger partial charge in [-0.05, 0) is 37.6 Å². The molecule has 1 aliphatic heterocycles. The first kappa shape index (κ1) is 17.6. The maximum Gasteiger partial charge on any atom is 0.261 e. The van der Waals surface area contributed by atoms with Crippen molar-refractivity contribution in [3.05, 3.63) is 53.7 Å². The Morgan fingerprint density at radius 1 is 1.12 bits per heavy atom. The Hall–Kier alpha value is -3.22. The van der Waals surface area contributed by atoms with Gasteiger partial charge < -0.3 is 10.1 Å². The molecule has 0 bridgehead atoms. The lowest BCUT2D eigenvalue weighted by Gasteiger charge is -2.14. The van der Waals surface area contributed by atoms with Crippen LogP contribution in [0, 0.1) is 0 Å². The lowest BCUT2D eigenvalue weighted by molar-refractivity contribution is -0.116. The third kappa shape index (κ3) is 3.56. The van der Waals surface area contributed by atoms with Crippen LogP contribution >= 0.6 is 0 Å². The van der Waals surface area contributed by atoms with E-state index in [1.54, 1.807) is 42.6 Å². The van der Waals surface area contributed by atoms with Gasteiger partial charge in [0.2, 0.25) is 5.91 Å². The topological polar surface area (TPSA) is 88.6 Å². The molecule has 0 saturated heterocycles. The van der Waals surface area contributed by atoms with E-state index in [0.29, 0.717) is 35.7 Å². The highest BCUT2D eigenvalue weighted by atomic mass is 16.5. The highest BCUT2D eigenvalue weighted by Gasteiger charge is 2.34. The predicted octanol–water partition coefficient (Wildman–Crippen LogP) is 2.50. The van der Waals surface area contributed by atoms with Crippen molar-refractivity contribution in [3.63, 3.8) is 0 Å². The number of anilines is 1. The van der Waals surface area contributed by atoms with Crippen molar-refractivity contribution in [2.24, 2.45) is 0 Å². The smallest absolute Gasteiger partial charge is 0.261 e. The normalized spacial score (nSPS) is 12.9. The molecule has 3 amide bonds. The maximum absolute atomic E-state index is 12.3. The van der Waals surface area contributed by atoms with Gasteiger partial charge in [-0.15, -0.1) is 0 Å². The van der Waals surface area contributed by atoms with Crippen LogP contribution in [0.25, 0.3) is 0 Å². The molecule has 3 rings (SSSR count). The Kier molecular flexibility index (Phi) is 5.26. The molecular weight excluding hydrogens is 334 g/mol. The number of carbonyl (C=O) groups excluding carboxylic acids is 3. The number of imide groups is 1. The van der Waals surface area contributed by atoms with Gasteiger partial charge in [-0.3, -0.25) is 19.3 Å². The number of pyridine rings is 1. The zero-order valence-corrected chi connectivity index (χ0v) is 14.4. The number of amides is 3. The molecule has 1 N–H and O–H groups in total. The van der Waals surface area contributed by atoms with Crippen LogP contribution in [0.3, 0.4) is 0 Å². The van der Waals surface area contributed by atoms with Crippen molar-refractivity contribution >= 4 is 23.5 Å². The van der Waals surface area contributed by atoms with E-state index >= 15 is 0 Å². The molecule has 0 aliphatic carbocycles. The number of rotatable bonds is 7. The van der Waals surface area contributed by atoms with Crippen LogP contribution in [0.15, 0.2) is 42.6 Å². The third-order valence-corrected chi connectivity index (χ3v) is 3.99. The summed E-state index contributed by atoms with van der Waals surface area (Å²) in [6.07, 6.45) is 2.10. The van der Waals surface area contributed by atoms with Crippen LogP contribution < -0.4 is 10.1 Å². The summed E-state index contributed by atoms with van der Waals surface area (Å²) in [5.74, 6) is -0.00577. The van der Waals surface area contributed by atoms with Crippen LogP contribution in [0.5, 0.6) is 5.75 Å². The number of aromatic nitrogens is 1. The minimum atomic E-state index is -0.311. The van der Waals surface area contributed by atoms with Gasteiger partial charge in [-0.25, -0.2) is 4.98 Å². The van der Waals surface area contributed by atoms with Crippen molar-refractivity contribution in [1.82, 2.24) is 9.88 Å². The van der Waals surface area contributed by atoms with E-state index in [0.717, 1.165) is 0 Å². The molecule has 7 nitrogen and oxygen atoms in total. The van der Waals surface area contributed by atoms with Gasteiger partial charge in [0.05, 0.1) is 17.7 Å². The second kappa shape index (κ2) is 7.77. The van der Waals surface area contributed by atoms with Gasteiger partial charge >= 0.3 is 0 Å². The summed E-state index contributed by atoms with van der Waals surface area (Å²) >= 11 is 0. The molecule has 2 heterocycles. The lowest BCUT2D eigenvalue weighted by Crippen LogP contribution is -2.31. The summed E-state index contributed by atoms with van der Waals surface area (Å²) in [4.78, 5) is 41.9. The summed E-state index contributed by atoms with van der Waals surface area (Å²) in [7, 11) is 0. The van der Waals surface area contributed by atoms with Gasteiger partial charge in [-0.1, -0.05) is 12.1 Å². The maximum atomic E-state index is 12.3. The van der Waals surface area contributed by atoms with Gasteiger partial charge in [0.15, 0.2) is 11.6 Å². The van der Waals surface area contributed by atoms with Gasteiger partial charge in [0.1, 0.15) is 0 Å². The zero-order valence-electron chi connectivity index (χ0n) is 14.4. The van der Waals surface area contributed by atoms with Crippen LogP contribution in [0.2, 0.25) is 0 Å². The number of fused-ring (bicyclic) bond motifs is 1. The zero-order chi connectivity index (χ0) is 18.5. The van der Waals surface area contributed by atoms with Crippen molar-refractivity contribution in [1.29, 1.82) is 0 Å². The number of hydrogen-bond donors (Lipinski definition) is 1. The molecule has 0 spiro atoms. The number of ether oxygens (including phenoxy) is 1. The highest BCUT2D eigenvalue weighted by Crippen LogP contribution is 2.23. The minimum Gasteiger partial charge on any atom is -0.490 e. The Labute approximate surface area is 151 Å². The number of benzene rings is 1. The average Bonchev–Trinajstić information content (AvgIpc) is 2.89. The average molecular weight is 353 g/mol. The summed E-state index contributed by atoms with van der Waals surface area (Å²) < 4.78 is 5.41. The Morgan fingerprint density at radius 2 is 1.81 bits per heavy atom. The predicted molar refractivity (Wildman–Crippen MR) is 95.1 cm³/mol. The molecular formula is C19H19N3O4. The Bertz CT molecular complexity index is 815. The number of nitrogens with zero attached hydrogens (tertiary/aromatic N) is 2. The van der Waals surface area contributed by atoms with Crippen LogP contribution in [0.4, 0.5) is 5.82 Å². The third-order valence-electron chi connectivity index (χ3n) is 3.99. The van der Waals surface area contributed by atoms with Crippen molar-refractivity contribution in [2.75, 3.05) is 18.5 Å². The first-order chi connectivity index (χ1) is 12.6. The number of carbonyl (C=O) groups is 3. The van der Waals surface area contributed by atoms with E-state index < -0.39 is 0 Å². The fourth-order valence-electron chi connectivity index (χ4n) is 2.79. The molecule has 0 atom stereocenters. The molecule has 0 saturated carbocycles. The van der Waals surface area contributed by atoms with E-state index in [2.05, 4.69) is 10.3 Å². The lowest BCUT2D eigenvalue weighted by atomic mass is 10.1. The Balaban J connectivity index is 1.54. The number of hydrogen-bond acceptors (Lipinski definition) is 5. The molecule has 7 heteroatoms. The van der Waals surface area contributed by atoms with E-state index in [1.165, 1.54) is 4.90 Å². The standard InChI is InChI=1S/C19H19N3O4/c1-2-26-15-9-5-11-20-17(15)21-16(23)10-6-12-22-18(24)13-7-3-4-8-14(13)19(22)25/h3-5,7-9,11H,2,6,10,12H2,1H3,(H,20,21,23). The summed E-state index contributed by atoms with van der Waals surface area (Å²) in [6.45, 7) is 2.51. The first-order valence-electron chi connectivity index (χ1n) is 8.44. The summed E-state index contributed by atoms with van der Waals surface area (Å²) in [5.41, 5.74) is 0.827. The van der Waals surface area contributed by atoms with Crippen LogP contribution in [-0.2, 0) is 4.79 Å². The largest absolute Gasteiger partial charge is 0.490 e. The molecule has 1 aromatic carbocycles. The van der Waals surface area contributed by atoms with E-state index in [-0.39, 0.29) is 30.7 Å². The van der Waals surface area contributed by atoms with Crippen molar-refractivity contribution < 1.29 is 19.1 Å². The summed E-state index contributed by atoms with van der Waals surface area (Å²) in [6, 6.07) is 10.2. The molecule has 0 unspecified atom stereocenters. The van der Waals surface area contributed by atoms with E-state index in [1.807, 2.05) is 6.92 Å². The first-order valence-corrected chi connectivity index (χ1v) is 8.44. The van der Waals surface area contributed by atoms with Crippen LogP contribution in [0.1, 0.15) is 40.5 Å². The molecule has 1 aliphatic rings. The van der Waals surface area contributed by atoms with Crippen molar-refractivity contribution in [3.8, 4) is 5.75 Å². The fourth-order valence-corrected chi connectivity index (χ4v) is 2.79. The number of nitrogens with one attached hydrogen (secondary N) is 1. The summed E-state index contributed by atoms with van der Waals surface area (Å²) in [5, 5.41) is 2.70. The van der Waals surface area contributed by atoms with Gasteiger partial charge in [0, 0.05) is 19.2 Å². The molecule has 1 aromatic heterocycles. The molecule has 2 aromatic rings. The highest BCUT2D eigenvalue weighted by molar-refractivity contribution is 6.21. The van der Waals surface area contributed by atoms with Crippen molar-refractivity contribution in [2.45, 2.75) is 19.8 Å². The SMILES string of the molecule is CCOc1cccnc1NC(=O)CCCN1C(=O)c2ccccc2C1=O. The molecule has 0 fully saturated rings. The monoisotopic (exact) mass is 353 g/mol. The second-order valence-electron chi connectivity index (χ2n) is 5.74. The molecule has 134 valence electrons. The quantitative estimate of drug-likeness (QED) is 0.773.